The molecule has 0 saturated carbocycles. The fourth-order valence-electron chi connectivity index (χ4n) is 3.00. The lowest BCUT2D eigenvalue weighted by atomic mass is 10.1. The maximum absolute atomic E-state index is 12.7. The first-order valence-corrected chi connectivity index (χ1v) is 8.51. The predicted molar refractivity (Wildman–Crippen MR) is 95.8 cm³/mol. The summed E-state index contributed by atoms with van der Waals surface area (Å²) in [5.74, 6) is 0. The maximum atomic E-state index is 12.7. The number of hydrogen-bond donors (Lipinski definition) is 0. The van der Waals surface area contributed by atoms with E-state index in [-0.39, 0.29) is 18.2 Å². The van der Waals surface area contributed by atoms with E-state index < -0.39 is 11.3 Å². The van der Waals surface area contributed by atoms with Crippen molar-refractivity contribution in [3.8, 4) is 0 Å². The summed E-state index contributed by atoms with van der Waals surface area (Å²) in [6.45, 7) is 11.4. The van der Waals surface area contributed by atoms with Crippen LogP contribution in [0.2, 0.25) is 0 Å². The van der Waals surface area contributed by atoms with Gasteiger partial charge in [-0.05, 0) is 53.5 Å². The van der Waals surface area contributed by atoms with Gasteiger partial charge in [0.1, 0.15) is 11.3 Å². The molecule has 1 aromatic rings. The van der Waals surface area contributed by atoms with Crippen molar-refractivity contribution in [2.24, 2.45) is 0 Å². The van der Waals surface area contributed by atoms with Gasteiger partial charge in [-0.15, -0.1) is 0 Å². The number of carbonyl (C=O) groups is 1. The normalized spacial score (nSPS) is 23.7. The van der Waals surface area contributed by atoms with Gasteiger partial charge < -0.3 is 9.47 Å². The molecule has 0 N–H and O–H groups in total. The smallest absolute Gasteiger partial charge is 0.413 e. The Bertz CT molecular complexity index is 587. The first-order chi connectivity index (χ1) is 11.1. The molecule has 1 fully saturated rings. The Morgan fingerprint density at radius 2 is 1.92 bits per heavy atom. The zero-order chi connectivity index (χ0) is 18.0. The second-order valence-electron chi connectivity index (χ2n) is 7.73. The summed E-state index contributed by atoms with van der Waals surface area (Å²) >= 11 is 0. The first kappa shape index (κ1) is 18.5. The summed E-state index contributed by atoms with van der Waals surface area (Å²) in [4.78, 5) is 14.4. The highest BCUT2D eigenvalue weighted by atomic mass is 16.6. The molecule has 1 saturated heterocycles. The van der Waals surface area contributed by atoms with Crippen LogP contribution in [0, 0.1) is 0 Å². The lowest BCUT2D eigenvalue weighted by Crippen LogP contribution is -2.49. The summed E-state index contributed by atoms with van der Waals surface area (Å²) in [6, 6.07) is 10.1. The van der Waals surface area contributed by atoms with E-state index in [4.69, 9.17) is 9.47 Å². The minimum Gasteiger partial charge on any atom is -0.444 e. The SMILES string of the molecule is C[C@@H]1OC(C)(C)N(C(=O)OC(C)(C)C)[C@H]1/C=C/Cc1ccccc1. The molecule has 4 heteroatoms. The van der Waals surface area contributed by atoms with Crippen LogP contribution < -0.4 is 0 Å². The molecule has 1 heterocycles. The summed E-state index contributed by atoms with van der Waals surface area (Å²) in [7, 11) is 0. The highest BCUT2D eigenvalue weighted by Crippen LogP contribution is 2.34. The van der Waals surface area contributed by atoms with Gasteiger partial charge in [0.25, 0.3) is 0 Å². The molecule has 2 atom stereocenters. The molecular weight excluding hydrogens is 302 g/mol. The van der Waals surface area contributed by atoms with Gasteiger partial charge in [-0.3, -0.25) is 4.90 Å². The number of nitrogens with zero attached hydrogens (tertiary/aromatic N) is 1. The quantitative estimate of drug-likeness (QED) is 0.763. The topological polar surface area (TPSA) is 38.8 Å². The van der Waals surface area contributed by atoms with Crippen LogP contribution in [0.5, 0.6) is 0 Å². The van der Waals surface area contributed by atoms with E-state index in [1.165, 1.54) is 5.56 Å². The van der Waals surface area contributed by atoms with Crippen LogP contribution in [0.4, 0.5) is 4.79 Å². The second kappa shape index (κ2) is 6.98. The van der Waals surface area contributed by atoms with Crippen LogP contribution >= 0.6 is 0 Å². The summed E-state index contributed by atoms with van der Waals surface area (Å²) in [5, 5.41) is 0. The minimum absolute atomic E-state index is 0.0838. The van der Waals surface area contributed by atoms with Crippen LogP contribution in [-0.4, -0.2) is 34.5 Å². The largest absolute Gasteiger partial charge is 0.444 e. The molecule has 0 aromatic heterocycles. The lowest BCUT2D eigenvalue weighted by molar-refractivity contribution is -0.0751. The average Bonchev–Trinajstić information content (AvgIpc) is 2.67. The fraction of sp³-hybridized carbons (Fsp3) is 0.550. The molecule has 2 rings (SSSR count). The van der Waals surface area contributed by atoms with Gasteiger partial charge in [-0.1, -0.05) is 42.5 Å². The fourth-order valence-corrected chi connectivity index (χ4v) is 3.00. The number of amides is 1. The third-order valence-corrected chi connectivity index (χ3v) is 3.95. The molecule has 1 amide bonds. The van der Waals surface area contributed by atoms with E-state index in [1.807, 2.05) is 59.7 Å². The van der Waals surface area contributed by atoms with Gasteiger partial charge >= 0.3 is 6.09 Å². The van der Waals surface area contributed by atoms with Gasteiger partial charge in [-0.25, -0.2) is 4.79 Å². The van der Waals surface area contributed by atoms with Crippen molar-refractivity contribution >= 4 is 6.09 Å². The number of carbonyl (C=O) groups excluding carboxylic acids is 1. The van der Waals surface area contributed by atoms with E-state index in [0.29, 0.717) is 0 Å². The Balaban J connectivity index is 2.14. The zero-order valence-electron chi connectivity index (χ0n) is 15.6. The number of allylic oxidation sites excluding steroid dienone is 1. The van der Waals surface area contributed by atoms with Crippen LogP contribution in [0.25, 0.3) is 0 Å². The highest BCUT2D eigenvalue weighted by molar-refractivity contribution is 5.70. The van der Waals surface area contributed by atoms with Gasteiger partial charge in [-0.2, -0.15) is 0 Å². The highest BCUT2D eigenvalue weighted by Gasteiger charge is 2.48. The van der Waals surface area contributed by atoms with Crippen molar-refractivity contribution in [3.05, 3.63) is 48.0 Å². The molecule has 0 spiro atoms. The Kier molecular flexibility index (Phi) is 5.38. The molecule has 0 unspecified atom stereocenters. The standard InChI is InChI=1S/C20H29NO3/c1-15-17(14-10-13-16-11-8-7-9-12-16)21(20(5,6)23-15)18(22)24-19(2,3)4/h7-12,14-15,17H,13H2,1-6H3/b14-10+/t15-,17-/m0/s1. The van der Waals surface area contributed by atoms with Gasteiger partial charge in [0.15, 0.2) is 0 Å². The van der Waals surface area contributed by atoms with E-state index in [2.05, 4.69) is 24.3 Å². The Labute approximate surface area is 145 Å². The lowest BCUT2D eigenvalue weighted by Gasteiger charge is -2.34. The maximum Gasteiger partial charge on any atom is 0.413 e. The summed E-state index contributed by atoms with van der Waals surface area (Å²) in [5.41, 5.74) is 0.0178. The summed E-state index contributed by atoms with van der Waals surface area (Å²) in [6.07, 6.45) is 4.55. The molecular formula is C20H29NO3. The third-order valence-electron chi connectivity index (χ3n) is 3.95. The van der Waals surface area contributed by atoms with Crippen molar-refractivity contribution in [1.82, 2.24) is 4.90 Å². The van der Waals surface area contributed by atoms with E-state index in [9.17, 15) is 4.79 Å². The van der Waals surface area contributed by atoms with Crippen molar-refractivity contribution in [1.29, 1.82) is 0 Å². The van der Waals surface area contributed by atoms with Crippen molar-refractivity contribution in [3.63, 3.8) is 0 Å². The Morgan fingerprint density at radius 3 is 2.50 bits per heavy atom. The minimum atomic E-state index is -0.691. The number of benzene rings is 1. The van der Waals surface area contributed by atoms with Gasteiger partial charge in [0.05, 0.1) is 12.1 Å². The third kappa shape index (κ3) is 4.60. The van der Waals surface area contributed by atoms with Crippen molar-refractivity contribution in [2.45, 2.75) is 71.4 Å². The predicted octanol–water partition coefficient (Wildman–Crippen LogP) is 4.55. The molecule has 1 aromatic carbocycles. The molecule has 1 aliphatic rings. The molecule has 132 valence electrons. The molecule has 0 radical (unpaired) electrons. The van der Waals surface area contributed by atoms with Crippen LogP contribution in [0.3, 0.4) is 0 Å². The zero-order valence-corrected chi connectivity index (χ0v) is 15.6. The van der Waals surface area contributed by atoms with Gasteiger partial charge in [0, 0.05) is 0 Å². The van der Waals surface area contributed by atoms with E-state index in [0.717, 1.165) is 6.42 Å². The Morgan fingerprint density at radius 1 is 1.29 bits per heavy atom. The van der Waals surface area contributed by atoms with Crippen LogP contribution in [-0.2, 0) is 15.9 Å². The summed E-state index contributed by atoms with van der Waals surface area (Å²) < 4.78 is 11.6. The molecule has 4 nitrogen and oxygen atoms in total. The number of rotatable bonds is 3. The number of ether oxygens (including phenoxy) is 2. The van der Waals surface area contributed by atoms with E-state index in [1.54, 1.807) is 4.90 Å². The first-order valence-electron chi connectivity index (χ1n) is 8.51. The number of hydrogen-bond acceptors (Lipinski definition) is 3. The average molecular weight is 331 g/mol. The van der Waals surface area contributed by atoms with Gasteiger partial charge in [0.2, 0.25) is 0 Å². The molecule has 0 aliphatic carbocycles. The molecule has 24 heavy (non-hydrogen) atoms. The Hall–Kier alpha value is -1.81. The van der Waals surface area contributed by atoms with Crippen molar-refractivity contribution in [2.75, 3.05) is 0 Å². The second-order valence-corrected chi connectivity index (χ2v) is 7.73. The van der Waals surface area contributed by atoms with E-state index >= 15 is 0 Å². The monoisotopic (exact) mass is 331 g/mol. The van der Waals surface area contributed by atoms with Crippen LogP contribution in [0.15, 0.2) is 42.5 Å². The van der Waals surface area contributed by atoms with Crippen molar-refractivity contribution < 1.29 is 14.3 Å². The molecule has 1 aliphatic heterocycles. The molecule has 0 bridgehead atoms. The van der Waals surface area contributed by atoms with Crippen LogP contribution in [0.1, 0.15) is 47.1 Å².